The van der Waals surface area contributed by atoms with E-state index in [0.717, 1.165) is 36.9 Å². The summed E-state index contributed by atoms with van der Waals surface area (Å²) in [6.45, 7) is 4.16. The van der Waals surface area contributed by atoms with Gasteiger partial charge in [0.05, 0.1) is 5.69 Å². The molecule has 1 saturated carbocycles. The highest BCUT2D eigenvalue weighted by Gasteiger charge is 2.42. The molecule has 1 N–H and O–H groups in total. The van der Waals surface area contributed by atoms with Crippen molar-refractivity contribution in [2.24, 2.45) is 5.92 Å². The fourth-order valence-corrected chi connectivity index (χ4v) is 4.02. The molecule has 7 nitrogen and oxygen atoms in total. The molecule has 1 aromatic heterocycles. The Kier molecular flexibility index (Phi) is 5.72. The third-order valence-corrected chi connectivity index (χ3v) is 6.13. The summed E-state index contributed by atoms with van der Waals surface area (Å²) in [5.74, 6) is 1.64. The molecule has 8 heteroatoms. The molecule has 1 aliphatic rings. The lowest BCUT2D eigenvalue weighted by Crippen LogP contribution is -2.50. The highest BCUT2D eigenvalue weighted by Crippen LogP contribution is 2.39. The minimum absolute atomic E-state index is 0.485. The number of hydrogen-bond acceptors (Lipinski definition) is 5. The molecule has 0 saturated heterocycles. The SMILES string of the molecule is Cc1ccc(-n2nnnc2C2(NC(=O)Oc3ccccc3)CCC(C)CC2)cc1Cl. The predicted octanol–water partition coefficient (Wildman–Crippen LogP) is 4.82. The number of aryl methyl sites for hydroxylation is 1. The quantitative estimate of drug-likeness (QED) is 0.648. The van der Waals surface area contributed by atoms with Crippen LogP contribution >= 0.6 is 11.6 Å². The summed E-state index contributed by atoms with van der Waals surface area (Å²) in [6, 6.07) is 14.7. The molecule has 0 atom stereocenters. The van der Waals surface area contributed by atoms with Crippen LogP contribution in [0.2, 0.25) is 5.02 Å². The van der Waals surface area contributed by atoms with Crippen LogP contribution in [0.25, 0.3) is 5.69 Å². The minimum atomic E-state index is -0.723. The molecule has 1 amide bonds. The normalized spacial score (nSPS) is 21.2. The Labute approximate surface area is 180 Å². The Bertz CT molecular complexity index is 1030. The first-order valence-electron chi connectivity index (χ1n) is 10.1. The van der Waals surface area contributed by atoms with Crippen molar-refractivity contribution in [3.05, 3.63) is 64.9 Å². The van der Waals surface area contributed by atoms with Gasteiger partial charge in [-0.3, -0.25) is 0 Å². The van der Waals surface area contributed by atoms with Crippen LogP contribution in [-0.4, -0.2) is 26.3 Å². The van der Waals surface area contributed by atoms with Crippen LogP contribution in [0.1, 0.15) is 44.0 Å². The largest absolute Gasteiger partial charge is 0.413 e. The van der Waals surface area contributed by atoms with Gasteiger partial charge in [-0.05, 0) is 78.8 Å². The van der Waals surface area contributed by atoms with E-state index in [1.807, 2.05) is 43.3 Å². The summed E-state index contributed by atoms with van der Waals surface area (Å²) in [5, 5.41) is 16.1. The topological polar surface area (TPSA) is 81.9 Å². The highest BCUT2D eigenvalue weighted by atomic mass is 35.5. The third-order valence-electron chi connectivity index (χ3n) is 5.72. The number of benzene rings is 2. The fourth-order valence-electron chi connectivity index (χ4n) is 3.85. The maximum atomic E-state index is 12.8. The van der Waals surface area contributed by atoms with Crippen molar-refractivity contribution in [1.29, 1.82) is 0 Å². The van der Waals surface area contributed by atoms with Gasteiger partial charge in [-0.25, -0.2) is 4.79 Å². The molecule has 1 fully saturated rings. The Balaban J connectivity index is 1.67. The maximum absolute atomic E-state index is 12.8. The summed E-state index contributed by atoms with van der Waals surface area (Å²) in [6.07, 6.45) is 2.82. The molecular weight excluding hydrogens is 402 g/mol. The molecule has 3 aromatic rings. The van der Waals surface area contributed by atoms with Gasteiger partial charge in [0.1, 0.15) is 11.3 Å². The van der Waals surface area contributed by atoms with E-state index in [0.29, 0.717) is 22.5 Å². The summed E-state index contributed by atoms with van der Waals surface area (Å²) >= 11 is 6.33. The molecule has 1 heterocycles. The number of nitrogens with one attached hydrogen (secondary N) is 1. The number of halogens is 1. The second kappa shape index (κ2) is 8.44. The predicted molar refractivity (Wildman–Crippen MR) is 114 cm³/mol. The van der Waals surface area contributed by atoms with Crippen molar-refractivity contribution in [1.82, 2.24) is 25.5 Å². The lowest BCUT2D eigenvalue weighted by atomic mass is 9.76. The zero-order valence-electron chi connectivity index (χ0n) is 17.0. The van der Waals surface area contributed by atoms with E-state index in [2.05, 4.69) is 27.8 Å². The number of nitrogens with zero attached hydrogens (tertiary/aromatic N) is 4. The van der Waals surface area contributed by atoms with Gasteiger partial charge in [-0.1, -0.05) is 42.8 Å². The van der Waals surface area contributed by atoms with Crippen molar-refractivity contribution in [2.75, 3.05) is 0 Å². The summed E-state index contributed by atoms with van der Waals surface area (Å²) in [4.78, 5) is 12.8. The summed E-state index contributed by atoms with van der Waals surface area (Å²) in [5.41, 5.74) is 1.00. The number of rotatable bonds is 4. The van der Waals surface area contributed by atoms with Crippen molar-refractivity contribution in [3.8, 4) is 11.4 Å². The molecule has 0 bridgehead atoms. The lowest BCUT2D eigenvalue weighted by Gasteiger charge is -2.38. The van der Waals surface area contributed by atoms with E-state index in [1.165, 1.54) is 0 Å². The second-order valence-electron chi connectivity index (χ2n) is 7.94. The van der Waals surface area contributed by atoms with Crippen LogP contribution in [-0.2, 0) is 5.54 Å². The van der Waals surface area contributed by atoms with Gasteiger partial charge in [0.25, 0.3) is 0 Å². The Morgan fingerprint density at radius 1 is 1.20 bits per heavy atom. The Hall–Kier alpha value is -2.93. The number of carbonyl (C=O) groups is 1. The van der Waals surface area contributed by atoms with Crippen LogP contribution in [0.4, 0.5) is 4.79 Å². The van der Waals surface area contributed by atoms with Crippen LogP contribution in [0.3, 0.4) is 0 Å². The lowest BCUT2D eigenvalue weighted by molar-refractivity contribution is 0.150. The Morgan fingerprint density at radius 2 is 1.93 bits per heavy atom. The van der Waals surface area contributed by atoms with Crippen molar-refractivity contribution >= 4 is 17.7 Å². The zero-order chi connectivity index (χ0) is 21.1. The Morgan fingerprint density at radius 3 is 2.63 bits per heavy atom. The number of carbonyl (C=O) groups excluding carboxylic acids is 1. The molecular formula is C22H24ClN5O2. The molecule has 0 spiro atoms. The zero-order valence-corrected chi connectivity index (χ0v) is 17.8. The van der Waals surface area contributed by atoms with Gasteiger partial charge in [0.2, 0.25) is 0 Å². The molecule has 0 aliphatic heterocycles. The van der Waals surface area contributed by atoms with Gasteiger partial charge in [0.15, 0.2) is 5.82 Å². The molecule has 2 aromatic carbocycles. The summed E-state index contributed by atoms with van der Waals surface area (Å²) < 4.78 is 7.16. The molecule has 1 aliphatic carbocycles. The van der Waals surface area contributed by atoms with Crippen LogP contribution in [0.15, 0.2) is 48.5 Å². The smallest absolute Gasteiger partial charge is 0.410 e. The van der Waals surface area contributed by atoms with E-state index in [9.17, 15) is 4.79 Å². The molecule has 156 valence electrons. The van der Waals surface area contributed by atoms with Gasteiger partial charge in [-0.2, -0.15) is 4.68 Å². The van der Waals surface area contributed by atoms with Crippen molar-refractivity contribution < 1.29 is 9.53 Å². The monoisotopic (exact) mass is 425 g/mol. The number of aromatic nitrogens is 4. The number of hydrogen-bond donors (Lipinski definition) is 1. The second-order valence-corrected chi connectivity index (χ2v) is 8.35. The standard InChI is InChI=1S/C22H24ClN5O2/c1-15-10-12-22(13-11-15,24-21(29)30-18-6-4-3-5-7-18)20-25-26-27-28(20)17-9-8-16(2)19(23)14-17/h3-9,14-15H,10-13H2,1-2H3,(H,24,29). The average molecular weight is 426 g/mol. The summed E-state index contributed by atoms with van der Waals surface area (Å²) in [7, 11) is 0. The van der Waals surface area contributed by atoms with Gasteiger partial charge in [-0.15, -0.1) is 5.10 Å². The first-order valence-corrected chi connectivity index (χ1v) is 10.4. The first kappa shape index (κ1) is 20.3. The minimum Gasteiger partial charge on any atom is -0.410 e. The first-order chi connectivity index (χ1) is 14.5. The maximum Gasteiger partial charge on any atom is 0.413 e. The number of tetrazole rings is 1. The van der Waals surface area contributed by atoms with Crippen LogP contribution < -0.4 is 10.1 Å². The van der Waals surface area contributed by atoms with E-state index in [-0.39, 0.29) is 0 Å². The van der Waals surface area contributed by atoms with Crippen LogP contribution in [0.5, 0.6) is 5.75 Å². The van der Waals surface area contributed by atoms with E-state index in [4.69, 9.17) is 16.3 Å². The molecule has 0 unspecified atom stereocenters. The fraction of sp³-hybridized carbons (Fsp3) is 0.364. The number of amides is 1. The molecule has 0 radical (unpaired) electrons. The molecule has 4 rings (SSSR count). The number of para-hydroxylation sites is 1. The van der Waals surface area contributed by atoms with Crippen molar-refractivity contribution in [3.63, 3.8) is 0 Å². The van der Waals surface area contributed by atoms with Gasteiger partial charge >= 0.3 is 6.09 Å². The van der Waals surface area contributed by atoms with E-state index < -0.39 is 11.6 Å². The average Bonchev–Trinajstić information content (AvgIpc) is 3.23. The third kappa shape index (κ3) is 4.16. The van der Waals surface area contributed by atoms with Crippen LogP contribution in [0, 0.1) is 12.8 Å². The van der Waals surface area contributed by atoms with Crippen molar-refractivity contribution in [2.45, 2.75) is 45.1 Å². The number of ether oxygens (including phenoxy) is 1. The van der Waals surface area contributed by atoms with E-state index in [1.54, 1.807) is 16.8 Å². The van der Waals surface area contributed by atoms with Gasteiger partial charge in [0, 0.05) is 5.02 Å². The molecule has 30 heavy (non-hydrogen) atoms. The highest BCUT2D eigenvalue weighted by molar-refractivity contribution is 6.31. The van der Waals surface area contributed by atoms with E-state index >= 15 is 0 Å². The van der Waals surface area contributed by atoms with Gasteiger partial charge < -0.3 is 10.1 Å².